The van der Waals surface area contributed by atoms with E-state index in [0.29, 0.717) is 13.2 Å². The maximum atomic E-state index is 11.8. The maximum absolute atomic E-state index is 11.8. The third-order valence-corrected chi connectivity index (χ3v) is 5.49. The minimum atomic E-state index is -0.478. The Hall–Kier alpha value is -1.32. The quantitative estimate of drug-likeness (QED) is 0.558. The molecule has 0 aromatic heterocycles. The average Bonchev–Trinajstić information content (AvgIpc) is 2.47. The largest absolute Gasteiger partial charge is 0.463 e. The van der Waals surface area contributed by atoms with Crippen molar-refractivity contribution < 1.29 is 19.1 Å². The minimum absolute atomic E-state index is 0.223. The van der Waals surface area contributed by atoms with Gasteiger partial charge in [0.25, 0.3) is 0 Å². The Morgan fingerprint density at radius 2 is 1.45 bits per heavy atom. The zero-order valence-corrected chi connectivity index (χ0v) is 13.4. The van der Waals surface area contributed by atoms with Gasteiger partial charge in [0.2, 0.25) is 0 Å². The molecule has 4 nitrogen and oxygen atoms in total. The number of carbonyl (C=O) groups is 2. The number of ether oxygens (including phenoxy) is 2. The second kappa shape index (κ2) is 6.43. The molecule has 0 aromatic carbocycles. The van der Waals surface area contributed by atoms with Gasteiger partial charge in [-0.3, -0.25) is 0 Å². The summed E-state index contributed by atoms with van der Waals surface area (Å²) in [6, 6.07) is 0. The van der Waals surface area contributed by atoms with E-state index < -0.39 is 11.9 Å². The molecule has 122 valence electrons. The molecule has 4 fully saturated rings. The number of hydrogen-bond acceptors (Lipinski definition) is 4. The highest BCUT2D eigenvalue weighted by molar-refractivity contribution is 5.91. The highest BCUT2D eigenvalue weighted by atomic mass is 16.5. The fourth-order valence-corrected chi connectivity index (χ4v) is 5.13. The molecular weight excluding hydrogens is 280 g/mol. The van der Waals surface area contributed by atoms with Gasteiger partial charge in [-0.1, -0.05) is 6.92 Å². The summed E-state index contributed by atoms with van der Waals surface area (Å²) in [6.45, 7) is 2.83. The van der Waals surface area contributed by atoms with Crippen LogP contribution in [0.2, 0.25) is 0 Å². The van der Waals surface area contributed by atoms with E-state index in [0.717, 1.165) is 30.3 Å². The summed E-state index contributed by atoms with van der Waals surface area (Å²) in [6.07, 6.45) is 10.9. The molecule has 4 saturated carbocycles. The molecule has 0 unspecified atom stereocenters. The first kappa shape index (κ1) is 15.6. The molecule has 0 atom stereocenters. The fourth-order valence-electron chi connectivity index (χ4n) is 5.13. The van der Waals surface area contributed by atoms with Crippen LogP contribution in [0.3, 0.4) is 0 Å². The molecule has 0 aliphatic heterocycles. The van der Waals surface area contributed by atoms with E-state index >= 15 is 0 Å². The second-order valence-electron chi connectivity index (χ2n) is 7.53. The van der Waals surface area contributed by atoms with E-state index in [1.54, 1.807) is 0 Å². The van der Waals surface area contributed by atoms with Crippen LogP contribution in [0.25, 0.3) is 0 Å². The van der Waals surface area contributed by atoms with Crippen molar-refractivity contribution in [1.29, 1.82) is 0 Å². The van der Waals surface area contributed by atoms with E-state index in [-0.39, 0.29) is 5.41 Å². The Balaban J connectivity index is 1.47. The van der Waals surface area contributed by atoms with Gasteiger partial charge in [0, 0.05) is 17.6 Å². The fraction of sp³-hybridized carbons (Fsp3) is 0.778. The lowest BCUT2D eigenvalue weighted by molar-refractivity contribution is -0.150. The number of rotatable bonds is 6. The van der Waals surface area contributed by atoms with Crippen LogP contribution in [0.15, 0.2) is 12.2 Å². The Labute approximate surface area is 132 Å². The molecule has 4 bridgehead atoms. The number of esters is 2. The predicted molar refractivity (Wildman–Crippen MR) is 82.0 cm³/mol. The van der Waals surface area contributed by atoms with Gasteiger partial charge < -0.3 is 9.47 Å². The average molecular weight is 306 g/mol. The van der Waals surface area contributed by atoms with Crippen molar-refractivity contribution in [3.05, 3.63) is 12.2 Å². The Morgan fingerprint density at radius 3 is 1.95 bits per heavy atom. The monoisotopic (exact) mass is 306 g/mol. The molecule has 0 saturated heterocycles. The molecule has 4 aliphatic rings. The van der Waals surface area contributed by atoms with Crippen LogP contribution in [-0.4, -0.2) is 25.2 Å². The van der Waals surface area contributed by atoms with E-state index in [2.05, 4.69) is 0 Å². The zero-order valence-electron chi connectivity index (χ0n) is 13.4. The van der Waals surface area contributed by atoms with Crippen LogP contribution in [-0.2, 0) is 19.1 Å². The normalized spacial score (nSPS) is 35.8. The lowest BCUT2D eigenvalue weighted by atomic mass is 9.50. The predicted octanol–water partition coefficient (Wildman–Crippen LogP) is 3.26. The van der Waals surface area contributed by atoms with Crippen molar-refractivity contribution in [3.63, 3.8) is 0 Å². The summed E-state index contributed by atoms with van der Waals surface area (Å²) in [4.78, 5) is 23.1. The standard InChI is InChI=1S/C18H26O4/c1-2-5-21-16(19)3-4-17(20)22-12-18-9-13-6-14(10-18)8-15(7-13)11-18/h3-4,13-15H,2,5-12H2,1H3/b4-3+. The second-order valence-corrected chi connectivity index (χ2v) is 7.53. The topological polar surface area (TPSA) is 52.6 Å². The summed E-state index contributed by atoms with van der Waals surface area (Å²) in [5.41, 5.74) is 0.223. The molecule has 0 amide bonds. The van der Waals surface area contributed by atoms with Gasteiger partial charge in [0.05, 0.1) is 13.2 Å². The minimum Gasteiger partial charge on any atom is -0.463 e. The van der Waals surface area contributed by atoms with Crippen molar-refractivity contribution in [3.8, 4) is 0 Å². The Kier molecular flexibility index (Phi) is 4.55. The lowest BCUT2D eigenvalue weighted by Crippen LogP contribution is -2.48. The third-order valence-electron chi connectivity index (χ3n) is 5.49. The first-order valence-electron chi connectivity index (χ1n) is 8.60. The van der Waals surface area contributed by atoms with E-state index in [9.17, 15) is 9.59 Å². The summed E-state index contributed by atoms with van der Waals surface area (Å²) in [7, 11) is 0. The summed E-state index contributed by atoms with van der Waals surface area (Å²) in [5.74, 6) is 1.65. The van der Waals surface area contributed by atoms with Crippen molar-refractivity contribution >= 4 is 11.9 Å². The van der Waals surface area contributed by atoms with Gasteiger partial charge in [0.15, 0.2) is 0 Å². The van der Waals surface area contributed by atoms with Gasteiger partial charge in [-0.05, 0) is 62.7 Å². The molecule has 0 spiro atoms. The Bertz CT molecular complexity index is 430. The molecular formula is C18H26O4. The van der Waals surface area contributed by atoms with Crippen LogP contribution in [0.4, 0.5) is 0 Å². The van der Waals surface area contributed by atoms with Gasteiger partial charge in [-0.2, -0.15) is 0 Å². The van der Waals surface area contributed by atoms with Crippen molar-refractivity contribution in [2.24, 2.45) is 23.2 Å². The zero-order chi connectivity index (χ0) is 15.6. The lowest BCUT2D eigenvalue weighted by Gasteiger charge is -2.56. The summed E-state index contributed by atoms with van der Waals surface area (Å²) in [5, 5.41) is 0. The smallest absolute Gasteiger partial charge is 0.331 e. The van der Waals surface area contributed by atoms with Gasteiger partial charge in [-0.25, -0.2) is 9.59 Å². The summed E-state index contributed by atoms with van der Waals surface area (Å²) >= 11 is 0. The van der Waals surface area contributed by atoms with Gasteiger partial charge >= 0.3 is 11.9 Å². The van der Waals surface area contributed by atoms with Crippen LogP contribution in [0, 0.1) is 23.2 Å². The van der Waals surface area contributed by atoms with Crippen LogP contribution >= 0.6 is 0 Å². The van der Waals surface area contributed by atoms with Crippen LogP contribution in [0.5, 0.6) is 0 Å². The molecule has 22 heavy (non-hydrogen) atoms. The molecule has 0 heterocycles. The van der Waals surface area contributed by atoms with E-state index in [1.807, 2.05) is 6.92 Å². The first-order chi connectivity index (χ1) is 10.6. The van der Waals surface area contributed by atoms with Gasteiger partial charge in [-0.15, -0.1) is 0 Å². The SMILES string of the molecule is CCCOC(=O)/C=C/C(=O)OCC12CC3CC(CC(C3)C1)C2. The van der Waals surface area contributed by atoms with E-state index in [1.165, 1.54) is 44.6 Å². The molecule has 4 heteroatoms. The molecule has 4 aliphatic carbocycles. The van der Waals surface area contributed by atoms with E-state index in [4.69, 9.17) is 9.47 Å². The molecule has 4 rings (SSSR count). The number of hydrogen-bond donors (Lipinski definition) is 0. The van der Waals surface area contributed by atoms with Crippen molar-refractivity contribution in [2.45, 2.75) is 51.9 Å². The van der Waals surface area contributed by atoms with Crippen molar-refractivity contribution in [1.82, 2.24) is 0 Å². The third kappa shape index (κ3) is 3.53. The van der Waals surface area contributed by atoms with Crippen LogP contribution in [0.1, 0.15) is 51.9 Å². The highest BCUT2D eigenvalue weighted by Gasteiger charge is 2.51. The van der Waals surface area contributed by atoms with Crippen LogP contribution < -0.4 is 0 Å². The highest BCUT2D eigenvalue weighted by Crippen LogP contribution is 2.60. The maximum Gasteiger partial charge on any atom is 0.331 e. The van der Waals surface area contributed by atoms with Crippen molar-refractivity contribution in [2.75, 3.05) is 13.2 Å². The molecule has 0 radical (unpaired) electrons. The summed E-state index contributed by atoms with van der Waals surface area (Å²) < 4.78 is 10.3. The first-order valence-corrected chi connectivity index (χ1v) is 8.60. The molecule has 0 N–H and O–H groups in total. The molecule has 0 aromatic rings. The van der Waals surface area contributed by atoms with Gasteiger partial charge in [0.1, 0.15) is 0 Å². The number of carbonyl (C=O) groups excluding carboxylic acids is 2. The Morgan fingerprint density at radius 1 is 0.955 bits per heavy atom.